The lowest BCUT2D eigenvalue weighted by Gasteiger charge is -2.38. The van der Waals surface area contributed by atoms with Gasteiger partial charge in [-0.3, -0.25) is 14.9 Å². The molecule has 2 saturated heterocycles. The Balaban J connectivity index is 0.857. The molecule has 4 heterocycles. The summed E-state index contributed by atoms with van der Waals surface area (Å²) in [4.78, 5) is 52.1. The number of rotatable bonds is 16. The molecule has 3 aromatic carbocycles. The normalized spacial score (nSPS) is 17.1. The van der Waals surface area contributed by atoms with Gasteiger partial charge in [-0.1, -0.05) is 54.8 Å². The topological polar surface area (TPSA) is 149 Å². The summed E-state index contributed by atoms with van der Waals surface area (Å²) in [7, 11) is 1.35. The molecule has 0 spiro atoms. The number of halogens is 1. The zero-order valence-corrected chi connectivity index (χ0v) is 36.5. The van der Waals surface area contributed by atoms with Gasteiger partial charge in [0, 0.05) is 54.7 Å². The van der Waals surface area contributed by atoms with Crippen molar-refractivity contribution in [3.8, 4) is 5.75 Å². The highest BCUT2D eigenvalue weighted by Gasteiger charge is 2.38. The van der Waals surface area contributed by atoms with Crippen LogP contribution in [-0.4, -0.2) is 96.7 Å². The minimum absolute atomic E-state index is 0.264. The highest BCUT2D eigenvalue weighted by atomic mass is 35.5. The van der Waals surface area contributed by atoms with E-state index in [1.165, 1.54) is 11.8 Å². The zero-order chi connectivity index (χ0) is 42.4. The fourth-order valence-electron chi connectivity index (χ4n) is 8.61. The number of hydrogen-bond acceptors (Lipinski definition) is 12. The molecule has 2 fully saturated rings. The molecule has 0 aliphatic carbocycles. The summed E-state index contributed by atoms with van der Waals surface area (Å²) in [5, 5.41) is 10.0. The Morgan fingerprint density at radius 3 is 2.52 bits per heavy atom. The maximum Gasteiger partial charge on any atom is 0.249 e. The quantitative estimate of drug-likeness (QED) is 0.0447. The molecule has 60 heavy (non-hydrogen) atoms. The Morgan fingerprint density at radius 1 is 0.983 bits per heavy atom. The first-order chi connectivity index (χ1) is 28.9. The predicted octanol–water partition coefficient (Wildman–Crippen LogP) is 7.37. The number of anilines is 5. The standard InChI is InChI=1S/C45H54ClN8O5P/c1-52(23-10-6-5-7-12-30-13-11-14-33-34(30)28-54(39(33)29-55)38-19-20-42(56)50-44(38)57)31-21-24-53(25-22-31)32-17-18-36(40(26-32)59-2)49-45-47-27-35(46)43(51-45)48-37-15-8-9-16-41(37)60(3,4)58/h8-9,11,13-18,26-27,31,38H,5-7,10,12,19-25,28H2,1-4H3,(H,50,56,57)(H2,47,48,49,51). The highest BCUT2D eigenvalue weighted by molar-refractivity contribution is 7.70. The van der Waals surface area contributed by atoms with Crippen LogP contribution in [0.25, 0.3) is 5.70 Å². The van der Waals surface area contributed by atoms with Crippen molar-refractivity contribution >= 4 is 76.3 Å². The molecule has 7 rings (SSSR count). The first kappa shape index (κ1) is 42.9. The molecule has 0 radical (unpaired) electrons. The number of aryl methyl sites for hydroxylation is 1. The van der Waals surface area contributed by atoms with E-state index in [4.69, 9.17) is 16.3 Å². The van der Waals surface area contributed by atoms with E-state index < -0.39 is 13.2 Å². The van der Waals surface area contributed by atoms with Crippen LogP contribution in [0.2, 0.25) is 5.02 Å². The minimum Gasteiger partial charge on any atom is -0.494 e. The summed E-state index contributed by atoms with van der Waals surface area (Å²) in [6.45, 7) is 6.92. The summed E-state index contributed by atoms with van der Waals surface area (Å²) < 4.78 is 18.7. The number of imide groups is 1. The average molecular weight is 853 g/mol. The molecular formula is C45H54ClN8O5P. The molecule has 2 amide bonds. The zero-order valence-electron chi connectivity index (χ0n) is 34.8. The summed E-state index contributed by atoms with van der Waals surface area (Å²) in [6, 6.07) is 19.6. The molecule has 15 heteroatoms. The summed E-state index contributed by atoms with van der Waals surface area (Å²) in [6.07, 6.45) is 9.74. The van der Waals surface area contributed by atoms with Crippen molar-refractivity contribution in [2.24, 2.45) is 0 Å². The number of piperidine rings is 2. The molecule has 1 atom stereocenters. The van der Waals surface area contributed by atoms with Crippen LogP contribution in [0.3, 0.4) is 0 Å². The minimum atomic E-state index is -2.55. The van der Waals surface area contributed by atoms with Gasteiger partial charge < -0.3 is 34.6 Å². The van der Waals surface area contributed by atoms with Gasteiger partial charge in [0.2, 0.25) is 17.8 Å². The van der Waals surface area contributed by atoms with Crippen LogP contribution < -0.4 is 30.9 Å². The monoisotopic (exact) mass is 852 g/mol. The number of fused-ring (bicyclic) bond motifs is 1. The second-order valence-corrected chi connectivity index (χ2v) is 19.8. The number of hydrogen-bond donors (Lipinski definition) is 3. The van der Waals surface area contributed by atoms with Gasteiger partial charge in [0.15, 0.2) is 11.8 Å². The summed E-state index contributed by atoms with van der Waals surface area (Å²) in [5.41, 5.74) is 6.09. The van der Waals surface area contributed by atoms with Crippen molar-refractivity contribution in [2.75, 3.05) is 62.7 Å². The Labute approximate surface area is 357 Å². The van der Waals surface area contributed by atoms with Crippen molar-refractivity contribution in [1.29, 1.82) is 0 Å². The molecule has 0 saturated carbocycles. The van der Waals surface area contributed by atoms with E-state index in [2.05, 4.69) is 60.8 Å². The molecular weight excluding hydrogens is 799 g/mol. The SMILES string of the molecule is COc1cc(N2CCC(N(C)CCCCCCc3cccc4c3CN(C3CCC(=O)NC3=O)C4=C=O)CC2)ccc1Nc1ncc(Cl)c(Nc2ccccc2P(C)(C)=O)n1. The molecule has 316 valence electrons. The van der Waals surface area contributed by atoms with E-state index in [9.17, 15) is 18.9 Å². The molecule has 1 unspecified atom stereocenters. The number of aromatic nitrogens is 2. The first-order valence-electron chi connectivity index (χ1n) is 20.7. The third-order valence-corrected chi connectivity index (χ3v) is 13.7. The van der Waals surface area contributed by atoms with Gasteiger partial charge in [0.25, 0.3) is 0 Å². The second-order valence-electron chi connectivity index (χ2n) is 16.2. The number of para-hydroxylation sites is 1. The highest BCUT2D eigenvalue weighted by Crippen LogP contribution is 2.40. The maximum atomic E-state index is 12.9. The molecule has 1 aromatic heterocycles. The van der Waals surface area contributed by atoms with E-state index in [0.29, 0.717) is 52.9 Å². The number of unbranched alkanes of at least 4 members (excludes halogenated alkanes) is 3. The number of amides is 2. The van der Waals surface area contributed by atoms with Crippen LogP contribution in [0.15, 0.2) is 66.9 Å². The summed E-state index contributed by atoms with van der Waals surface area (Å²) >= 11 is 6.48. The van der Waals surface area contributed by atoms with Gasteiger partial charge >= 0.3 is 0 Å². The number of ether oxygens (including phenoxy) is 1. The van der Waals surface area contributed by atoms with Gasteiger partial charge in [-0.15, -0.1) is 0 Å². The van der Waals surface area contributed by atoms with E-state index in [1.807, 2.05) is 53.4 Å². The largest absolute Gasteiger partial charge is 0.494 e. The van der Waals surface area contributed by atoms with Gasteiger partial charge in [-0.2, -0.15) is 4.98 Å². The number of nitrogens with one attached hydrogen (secondary N) is 3. The molecule has 4 aromatic rings. The first-order valence-corrected chi connectivity index (χ1v) is 23.7. The fourth-order valence-corrected chi connectivity index (χ4v) is 9.90. The second kappa shape index (κ2) is 19.0. The van der Waals surface area contributed by atoms with Crippen molar-refractivity contribution in [3.05, 3.63) is 88.6 Å². The number of benzene rings is 3. The van der Waals surface area contributed by atoms with Crippen LogP contribution in [0.1, 0.15) is 68.1 Å². The molecule has 0 bridgehead atoms. The van der Waals surface area contributed by atoms with Crippen LogP contribution in [0.4, 0.5) is 28.8 Å². The lowest BCUT2D eigenvalue weighted by Crippen LogP contribution is -2.50. The molecule has 3 aliphatic rings. The Morgan fingerprint density at radius 2 is 1.77 bits per heavy atom. The lowest BCUT2D eigenvalue weighted by atomic mass is 9.97. The van der Waals surface area contributed by atoms with Crippen LogP contribution in [0, 0.1) is 0 Å². The molecule has 3 N–H and O–H groups in total. The summed E-state index contributed by atoms with van der Waals surface area (Å²) in [5.74, 6) is 2.90. The number of methoxy groups -OCH3 is 1. The smallest absolute Gasteiger partial charge is 0.249 e. The van der Waals surface area contributed by atoms with Crippen LogP contribution in [-0.2, 0) is 31.9 Å². The average Bonchev–Trinajstić information content (AvgIpc) is 3.62. The van der Waals surface area contributed by atoms with E-state index in [0.717, 1.165) is 92.4 Å². The third-order valence-electron chi connectivity index (χ3n) is 11.9. The van der Waals surface area contributed by atoms with Crippen molar-refractivity contribution in [2.45, 2.75) is 76.4 Å². The van der Waals surface area contributed by atoms with Crippen molar-refractivity contribution in [1.82, 2.24) is 25.1 Å². The third kappa shape index (κ3) is 9.88. The van der Waals surface area contributed by atoms with Gasteiger partial charge in [0.1, 0.15) is 29.7 Å². The Bertz CT molecular complexity index is 2320. The van der Waals surface area contributed by atoms with Gasteiger partial charge in [-0.05, 0) is 101 Å². The van der Waals surface area contributed by atoms with E-state index in [1.54, 1.807) is 20.4 Å². The fraction of sp³-hybridized carbons (Fsp3) is 0.422. The van der Waals surface area contributed by atoms with Gasteiger partial charge in [-0.25, -0.2) is 9.78 Å². The molecule has 3 aliphatic heterocycles. The predicted molar refractivity (Wildman–Crippen MR) is 239 cm³/mol. The van der Waals surface area contributed by atoms with Crippen LogP contribution in [0.5, 0.6) is 5.75 Å². The molecule has 13 nitrogen and oxygen atoms in total. The maximum absolute atomic E-state index is 12.9. The lowest BCUT2D eigenvalue weighted by molar-refractivity contribution is -0.136. The van der Waals surface area contributed by atoms with Crippen LogP contribution >= 0.6 is 18.7 Å². The van der Waals surface area contributed by atoms with Gasteiger partial charge in [0.05, 0.1) is 24.7 Å². The number of nitrogens with zero attached hydrogens (tertiary/aromatic N) is 5. The number of carbonyl (C=O) groups excluding carboxylic acids is 3. The van der Waals surface area contributed by atoms with Crippen molar-refractivity contribution in [3.63, 3.8) is 0 Å². The number of carbonyl (C=O) groups is 2. The van der Waals surface area contributed by atoms with Crippen molar-refractivity contribution < 1.29 is 23.7 Å². The Kier molecular flexibility index (Phi) is 13.6. The van der Waals surface area contributed by atoms with E-state index >= 15 is 0 Å². The Hall–Kier alpha value is -5.19. The van der Waals surface area contributed by atoms with E-state index in [-0.39, 0.29) is 18.2 Å².